The smallest absolute Gasteiger partial charge is 0.225 e. The number of hydrogen-bond acceptors (Lipinski definition) is 2. The first-order chi connectivity index (χ1) is 10.7. The van der Waals surface area contributed by atoms with Crippen LogP contribution < -0.4 is 5.32 Å². The van der Waals surface area contributed by atoms with E-state index in [1.54, 1.807) is 0 Å². The number of amides is 1. The summed E-state index contributed by atoms with van der Waals surface area (Å²) in [4.78, 5) is 14.3. The van der Waals surface area contributed by atoms with Crippen molar-refractivity contribution in [3.05, 3.63) is 35.4 Å². The van der Waals surface area contributed by atoms with Gasteiger partial charge in [0.25, 0.3) is 0 Å². The molecule has 1 N–H and O–H groups in total. The monoisotopic (exact) mass is 300 g/mol. The first kappa shape index (κ1) is 15.5. The van der Waals surface area contributed by atoms with Crippen LogP contribution in [0.15, 0.2) is 24.3 Å². The Morgan fingerprint density at radius 2 is 1.86 bits per heavy atom. The Morgan fingerprint density at radius 1 is 1.18 bits per heavy atom. The van der Waals surface area contributed by atoms with Gasteiger partial charge in [-0.05, 0) is 42.7 Å². The summed E-state index contributed by atoms with van der Waals surface area (Å²) >= 11 is 0. The Morgan fingerprint density at radius 3 is 2.45 bits per heavy atom. The lowest BCUT2D eigenvalue weighted by Gasteiger charge is -2.37. The van der Waals surface area contributed by atoms with Crippen molar-refractivity contribution in [2.24, 2.45) is 11.8 Å². The largest absolute Gasteiger partial charge is 0.342 e. The van der Waals surface area contributed by atoms with E-state index < -0.39 is 0 Å². The van der Waals surface area contributed by atoms with Crippen molar-refractivity contribution in [3.8, 4) is 0 Å². The van der Waals surface area contributed by atoms with E-state index in [1.807, 2.05) is 0 Å². The van der Waals surface area contributed by atoms with E-state index in [4.69, 9.17) is 0 Å². The molecule has 1 aliphatic carbocycles. The third kappa shape index (κ3) is 3.70. The molecule has 1 heterocycles. The van der Waals surface area contributed by atoms with Crippen LogP contribution in [-0.2, 0) is 17.8 Å². The van der Waals surface area contributed by atoms with Gasteiger partial charge in [-0.3, -0.25) is 4.79 Å². The van der Waals surface area contributed by atoms with Crippen molar-refractivity contribution < 1.29 is 4.79 Å². The Bertz CT molecular complexity index is 507. The highest BCUT2D eigenvalue weighted by Crippen LogP contribution is 2.32. The molecule has 2 fully saturated rings. The molecule has 3 nitrogen and oxygen atoms in total. The Hall–Kier alpha value is -1.35. The van der Waals surface area contributed by atoms with Crippen molar-refractivity contribution >= 4 is 5.91 Å². The molecule has 0 spiro atoms. The van der Waals surface area contributed by atoms with Crippen LogP contribution in [0.2, 0.25) is 0 Å². The van der Waals surface area contributed by atoms with Gasteiger partial charge in [0.05, 0.1) is 0 Å². The van der Waals surface area contributed by atoms with Crippen molar-refractivity contribution in [1.82, 2.24) is 10.2 Å². The third-order valence-corrected chi connectivity index (χ3v) is 5.14. The highest BCUT2D eigenvalue weighted by molar-refractivity contribution is 5.81. The number of nitrogens with zero attached hydrogens (tertiary/aromatic N) is 1. The first-order valence-electron chi connectivity index (χ1n) is 8.77. The average molecular weight is 300 g/mol. The summed E-state index contributed by atoms with van der Waals surface area (Å²) in [6.07, 6.45) is 4.39. The number of likely N-dealkylation sites (tertiary alicyclic amines) is 1. The van der Waals surface area contributed by atoms with Gasteiger partial charge in [-0.2, -0.15) is 0 Å². The van der Waals surface area contributed by atoms with Crippen LogP contribution >= 0.6 is 0 Å². The van der Waals surface area contributed by atoms with Gasteiger partial charge in [0.2, 0.25) is 5.91 Å². The lowest BCUT2D eigenvalue weighted by Crippen LogP contribution is -2.50. The van der Waals surface area contributed by atoms with E-state index in [0.29, 0.717) is 23.8 Å². The normalized spacial score (nSPS) is 25.3. The van der Waals surface area contributed by atoms with Gasteiger partial charge >= 0.3 is 0 Å². The molecule has 1 aromatic rings. The van der Waals surface area contributed by atoms with Crippen LogP contribution in [0.3, 0.4) is 0 Å². The molecule has 3 rings (SSSR count). The second-order valence-corrected chi connectivity index (χ2v) is 6.98. The summed E-state index contributed by atoms with van der Waals surface area (Å²) in [5.41, 5.74) is 2.74. The standard InChI is InChI=1S/C19H28N2O/c1-3-15-4-6-16(7-5-15)12-20-18-10-11-21(13-14(18)2)19(22)17-8-9-17/h4-7,14,17-18,20H,3,8-13H2,1-2H3/t14-,18+/m0/s1. The minimum absolute atomic E-state index is 0.355. The van der Waals surface area contributed by atoms with Crippen molar-refractivity contribution in [3.63, 3.8) is 0 Å². The summed E-state index contributed by atoms with van der Waals surface area (Å²) < 4.78 is 0. The van der Waals surface area contributed by atoms with E-state index >= 15 is 0 Å². The molecule has 120 valence electrons. The zero-order chi connectivity index (χ0) is 15.5. The maximum Gasteiger partial charge on any atom is 0.225 e. The zero-order valence-electron chi connectivity index (χ0n) is 13.8. The van der Waals surface area contributed by atoms with E-state index in [0.717, 1.165) is 45.3 Å². The highest BCUT2D eigenvalue weighted by Gasteiger charge is 2.36. The summed E-state index contributed by atoms with van der Waals surface area (Å²) in [5, 5.41) is 3.69. The minimum atomic E-state index is 0.355. The topological polar surface area (TPSA) is 32.3 Å². The minimum Gasteiger partial charge on any atom is -0.342 e. The van der Waals surface area contributed by atoms with Gasteiger partial charge in [-0.15, -0.1) is 0 Å². The van der Waals surface area contributed by atoms with Crippen LogP contribution in [0.4, 0.5) is 0 Å². The van der Waals surface area contributed by atoms with E-state index in [-0.39, 0.29) is 0 Å². The van der Waals surface area contributed by atoms with E-state index in [9.17, 15) is 4.79 Å². The maximum atomic E-state index is 12.2. The fourth-order valence-corrected chi connectivity index (χ4v) is 3.38. The van der Waals surface area contributed by atoms with Crippen molar-refractivity contribution in [2.75, 3.05) is 13.1 Å². The number of hydrogen-bond donors (Lipinski definition) is 1. The molecule has 0 aromatic heterocycles. The van der Waals surface area contributed by atoms with Gasteiger partial charge < -0.3 is 10.2 Å². The van der Waals surface area contributed by atoms with E-state index in [1.165, 1.54) is 11.1 Å². The molecule has 22 heavy (non-hydrogen) atoms. The predicted molar refractivity (Wildman–Crippen MR) is 89.5 cm³/mol. The zero-order valence-corrected chi connectivity index (χ0v) is 13.8. The summed E-state index contributed by atoms with van der Waals surface area (Å²) in [7, 11) is 0. The summed E-state index contributed by atoms with van der Waals surface area (Å²) in [5.74, 6) is 1.29. The van der Waals surface area contributed by atoms with Crippen molar-refractivity contribution in [1.29, 1.82) is 0 Å². The second-order valence-electron chi connectivity index (χ2n) is 6.98. The molecular weight excluding hydrogens is 272 g/mol. The molecular formula is C19H28N2O. The van der Waals surface area contributed by atoms with Crippen LogP contribution in [0.1, 0.15) is 44.2 Å². The molecule has 1 amide bonds. The van der Waals surface area contributed by atoms with Gasteiger partial charge in [-0.25, -0.2) is 0 Å². The molecule has 3 heteroatoms. The molecule has 2 atom stereocenters. The summed E-state index contributed by atoms with van der Waals surface area (Å²) in [6, 6.07) is 9.41. The molecule has 1 aliphatic heterocycles. The molecule has 1 saturated carbocycles. The Labute approximate surface area is 134 Å². The lowest BCUT2D eigenvalue weighted by molar-refractivity contribution is -0.134. The van der Waals surface area contributed by atoms with Crippen LogP contribution in [0.25, 0.3) is 0 Å². The first-order valence-corrected chi connectivity index (χ1v) is 8.77. The number of rotatable bonds is 5. The van der Waals surface area contributed by atoms with E-state index in [2.05, 4.69) is 48.3 Å². The Kier molecular flexibility index (Phi) is 4.82. The third-order valence-electron chi connectivity index (χ3n) is 5.14. The number of benzene rings is 1. The molecule has 0 bridgehead atoms. The average Bonchev–Trinajstić information content (AvgIpc) is 3.38. The van der Waals surface area contributed by atoms with Gasteiger partial charge in [0.1, 0.15) is 0 Å². The second kappa shape index (κ2) is 6.82. The van der Waals surface area contributed by atoms with Gasteiger partial charge in [0, 0.05) is 31.6 Å². The van der Waals surface area contributed by atoms with Crippen molar-refractivity contribution in [2.45, 2.75) is 52.1 Å². The number of carbonyl (C=O) groups excluding carboxylic acids is 1. The number of aryl methyl sites for hydroxylation is 1. The van der Waals surface area contributed by atoms with Gasteiger partial charge in [0.15, 0.2) is 0 Å². The van der Waals surface area contributed by atoms with Crippen LogP contribution in [0, 0.1) is 11.8 Å². The molecule has 2 aliphatic rings. The number of piperidine rings is 1. The maximum absolute atomic E-state index is 12.2. The predicted octanol–water partition coefficient (Wildman–Crippen LogP) is 2.99. The number of carbonyl (C=O) groups is 1. The van der Waals surface area contributed by atoms with Crippen LogP contribution in [0.5, 0.6) is 0 Å². The van der Waals surface area contributed by atoms with Crippen LogP contribution in [-0.4, -0.2) is 29.9 Å². The fourth-order valence-electron chi connectivity index (χ4n) is 3.38. The summed E-state index contributed by atoms with van der Waals surface area (Å²) in [6.45, 7) is 7.22. The lowest BCUT2D eigenvalue weighted by atomic mass is 9.93. The number of nitrogens with one attached hydrogen (secondary N) is 1. The molecule has 0 radical (unpaired) electrons. The Balaban J connectivity index is 1.47. The molecule has 1 aromatic carbocycles. The molecule has 0 unspecified atom stereocenters. The quantitative estimate of drug-likeness (QED) is 0.906. The molecule has 1 saturated heterocycles. The van der Waals surface area contributed by atoms with Gasteiger partial charge in [-0.1, -0.05) is 38.1 Å². The highest BCUT2D eigenvalue weighted by atomic mass is 16.2. The fraction of sp³-hybridized carbons (Fsp3) is 0.632. The SMILES string of the molecule is CCc1ccc(CN[C@@H]2CCN(C(=O)C3CC3)C[C@@H]2C)cc1.